The van der Waals surface area contributed by atoms with E-state index in [1.807, 2.05) is 6.92 Å². The first-order valence-corrected chi connectivity index (χ1v) is 4.88. The zero-order valence-corrected chi connectivity index (χ0v) is 8.76. The maximum absolute atomic E-state index is 11.1. The Morgan fingerprint density at radius 1 is 1.42 bits per heavy atom. The second-order valence-electron chi connectivity index (χ2n) is 3.27. The fourth-order valence-corrected chi connectivity index (χ4v) is 1.24. The fourth-order valence-electron chi connectivity index (χ4n) is 1.24. The highest BCUT2D eigenvalue weighted by molar-refractivity contribution is 5.80. The molecule has 2 nitrogen and oxygen atoms in total. The van der Waals surface area contributed by atoms with Gasteiger partial charge >= 0.3 is 0 Å². The van der Waals surface area contributed by atoms with E-state index < -0.39 is 0 Å². The van der Waals surface area contributed by atoms with E-state index >= 15 is 0 Å². The molecule has 0 aliphatic rings. The van der Waals surface area contributed by atoms with Gasteiger partial charge < -0.3 is 0 Å². The number of hydrogen-bond acceptors (Lipinski definition) is 2. The standard InChI is InChI=1S/C10H21NO/c1-5-7-8-11(6-2)9(3)10(4)12/h9H,5-8H2,1-4H3/t9-/m0/s1. The predicted octanol–water partition coefficient (Wildman–Crippen LogP) is 2.09. The van der Waals surface area contributed by atoms with Crippen LogP contribution in [0, 0.1) is 0 Å². The smallest absolute Gasteiger partial charge is 0.146 e. The quantitative estimate of drug-likeness (QED) is 0.610. The third-order valence-electron chi connectivity index (χ3n) is 2.34. The van der Waals surface area contributed by atoms with Crippen molar-refractivity contribution in [3.05, 3.63) is 0 Å². The van der Waals surface area contributed by atoms with Crippen molar-refractivity contribution in [3.8, 4) is 0 Å². The van der Waals surface area contributed by atoms with Gasteiger partial charge in [-0.25, -0.2) is 0 Å². The van der Waals surface area contributed by atoms with Gasteiger partial charge in [-0.05, 0) is 33.4 Å². The summed E-state index contributed by atoms with van der Waals surface area (Å²) < 4.78 is 0. The Hall–Kier alpha value is -0.370. The summed E-state index contributed by atoms with van der Waals surface area (Å²) in [4.78, 5) is 13.3. The van der Waals surface area contributed by atoms with Gasteiger partial charge in [-0.1, -0.05) is 20.3 Å². The minimum Gasteiger partial charge on any atom is -0.298 e. The van der Waals surface area contributed by atoms with Crippen molar-refractivity contribution in [1.29, 1.82) is 0 Å². The maximum atomic E-state index is 11.1. The summed E-state index contributed by atoms with van der Waals surface area (Å²) in [7, 11) is 0. The highest BCUT2D eigenvalue weighted by Crippen LogP contribution is 2.02. The summed E-state index contributed by atoms with van der Waals surface area (Å²) in [6.07, 6.45) is 2.38. The first kappa shape index (κ1) is 11.6. The largest absolute Gasteiger partial charge is 0.298 e. The lowest BCUT2D eigenvalue weighted by Gasteiger charge is -2.25. The third-order valence-corrected chi connectivity index (χ3v) is 2.34. The summed E-state index contributed by atoms with van der Waals surface area (Å²) in [5.74, 6) is 0.271. The van der Waals surface area contributed by atoms with Crippen molar-refractivity contribution in [2.24, 2.45) is 0 Å². The highest BCUT2D eigenvalue weighted by atomic mass is 16.1. The van der Waals surface area contributed by atoms with Crippen LogP contribution in [0.2, 0.25) is 0 Å². The number of likely N-dealkylation sites (N-methyl/N-ethyl adjacent to an activating group) is 1. The molecule has 0 aliphatic carbocycles. The molecule has 2 heteroatoms. The minimum atomic E-state index is 0.0987. The lowest BCUT2D eigenvalue weighted by atomic mass is 10.2. The van der Waals surface area contributed by atoms with Crippen LogP contribution in [-0.4, -0.2) is 29.8 Å². The highest BCUT2D eigenvalue weighted by Gasteiger charge is 2.14. The molecule has 0 bridgehead atoms. The number of Topliss-reactive ketones (excluding diaryl/α,β-unsaturated/α-hetero) is 1. The Bertz CT molecular complexity index is 134. The molecule has 0 spiro atoms. The van der Waals surface area contributed by atoms with Crippen LogP contribution >= 0.6 is 0 Å². The Kier molecular flexibility index (Phi) is 5.99. The number of carbonyl (C=O) groups is 1. The molecule has 12 heavy (non-hydrogen) atoms. The van der Waals surface area contributed by atoms with Crippen molar-refractivity contribution >= 4 is 5.78 Å². The summed E-state index contributed by atoms with van der Waals surface area (Å²) in [6, 6.07) is 0.0987. The molecule has 72 valence electrons. The van der Waals surface area contributed by atoms with Gasteiger partial charge in [-0.3, -0.25) is 9.69 Å². The molecule has 1 atom stereocenters. The van der Waals surface area contributed by atoms with Crippen LogP contribution in [0.5, 0.6) is 0 Å². The third kappa shape index (κ3) is 3.86. The number of ketones is 1. The van der Waals surface area contributed by atoms with Crippen LogP contribution in [0.25, 0.3) is 0 Å². The first-order valence-electron chi connectivity index (χ1n) is 4.88. The van der Waals surface area contributed by atoms with Crippen LogP contribution in [0.3, 0.4) is 0 Å². The number of rotatable bonds is 6. The van der Waals surface area contributed by atoms with Crippen molar-refractivity contribution < 1.29 is 4.79 Å². The van der Waals surface area contributed by atoms with E-state index in [0.29, 0.717) is 0 Å². The van der Waals surface area contributed by atoms with Crippen LogP contribution < -0.4 is 0 Å². The van der Waals surface area contributed by atoms with Crippen LogP contribution in [-0.2, 0) is 4.79 Å². The molecule has 0 N–H and O–H groups in total. The molecule has 0 aromatic rings. The SMILES string of the molecule is CCCCN(CC)[C@@H](C)C(C)=O. The van der Waals surface area contributed by atoms with Crippen LogP contribution in [0.1, 0.15) is 40.5 Å². The molecule has 0 rings (SSSR count). The van der Waals surface area contributed by atoms with Crippen molar-refractivity contribution in [2.45, 2.75) is 46.6 Å². The zero-order valence-electron chi connectivity index (χ0n) is 8.76. The number of hydrogen-bond donors (Lipinski definition) is 0. The average Bonchev–Trinajstić information content (AvgIpc) is 2.05. The molecule has 0 saturated carbocycles. The number of unbranched alkanes of at least 4 members (excludes halogenated alkanes) is 1. The Morgan fingerprint density at radius 3 is 2.33 bits per heavy atom. The van der Waals surface area contributed by atoms with Crippen LogP contribution in [0.4, 0.5) is 0 Å². The first-order chi connectivity index (χ1) is 5.63. The van der Waals surface area contributed by atoms with E-state index in [1.165, 1.54) is 12.8 Å². The van der Waals surface area contributed by atoms with Gasteiger partial charge in [0.15, 0.2) is 0 Å². The molecular formula is C10H21NO. The monoisotopic (exact) mass is 171 g/mol. The molecule has 0 unspecified atom stereocenters. The molecule has 0 aromatic heterocycles. The lowest BCUT2D eigenvalue weighted by Crippen LogP contribution is -2.38. The van der Waals surface area contributed by atoms with E-state index in [2.05, 4.69) is 18.7 Å². The van der Waals surface area contributed by atoms with Gasteiger partial charge in [-0.15, -0.1) is 0 Å². The fraction of sp³-hybridized carbons (Fsp3) is 0.900. The summed E-state index contributed by atoms with van der Waals surface area (Å²) in [6.45, 7) is 9.95. The zero-order chi connectivity index (χ0) is 9.56. The molecule has 0 heterocycles. The topological polar surface area (TPSA) is 20.3 Å². The van der Waals surface area contributed by atoms with Gasteiger partial charge in [0.1, 0.15) is 5.78 Å². The number of carbonyl (C=O) groups excluding carboxylic acids is 1. The second kappa shape index (κ2) is 6.18. The van der Waals surface area contributed by atoms with E-state index in [4.69, 9.17) is 0 Å². The summed E-state index contributed by atoms with van der Waals surface area (Å²) in [5, 5.41) is 0. The predicted molar refractivity (Wildman–Crippen MR) is 52.3 cm³/mol. The molecule has 0 saturated heterocycles. The lowest BCUT2D eigenvalue weighted by molar-refractivity contribution is -0.121. The second-order valence-corrected chi connectivity index (χ2v) is 3.27. The molecular weight excluding hydrogens is 150 g/mol. The van der Waals surface area contributed by atoms with E-state index in [-0.39, 0.29) is 11.8 Å². The Morgan fingerprint density at radius 2 is 2.00 bits per heavy atom. The van der Waals surface area contributed by atoms with E-state index in [9.17, 15) is 4.79 Å². The average molecular weight is 171 g/mol. The summed E-state index contributed by atoms with van der Waals surface area (Å²) in [5.41, 5.74) is 0. The Labute approximate surface area is 75.9 Å². The van der Waals surface area contributed by atoms with Crippen molar-refractivity contribution in [3.63, 3.8) is 0 Å². The molecule has 0 aliphatic heterocycles. The molecule has 0 fully saturated rings. The van der Waals surface area contributed by atoms with Gasteiger partial charge in [0.25, 0.3) is 0 Å². The van der Waals surface area contributed by atoms with E-state index in [0.717, 1.165) is 13.1 Å². The molecule has 0 aromatic carbocycles. The minimum absolute atomic E-state index is 0.0987. The van der Waals surface area contributed by atoms with Gasteiger partial charge in [-0.2, -0.15) is 0 Å². The van der Waals surface area contributed by atoms with Crippen LogP contribution in [0.15, 0.2) is 0 Å². The maximum Gasteiger partial charge on any atom is 0.146 e. The molecule has 0 amide bonds. The van der Waals surface area contributed by atoms with Gasteiger partial charge in [0, 0.05) is 0 Å². The van der Waals surface area contributed by atoms with E-state index in [1.54, 1.807) is 6.92 Å². The normalized spacial score (nSPS) is 13.4. The summed E-state index contributed by atoms with van der Waals surface area (Å²) >= 11 is 0. The number of nitrogens with zero attached hydrogens (tertiary/aromatic N) is 1. The van der Waals surface area contributed by atoms with Crippen molar-refractivity contribution in [1.82, 2.24) is 4.90 Å². The Balaban J connectivity index is 3.87. The van der Waals surface area contributed by atoms with Gasteiger partial charge in [0.05, 0.1) is 6.04 Å². The van der Waals surface area contributed by atoms with Crippen molar-refractivity contribution in [2.75, 3.05) is 13.1 Å². The van der Waals surface area contributed by atoms with Gasteiger partial charge in [0.2, 0.25) is 0 Å². The molecule has 0 radical (unpaired) electrons.